The van der Waals surface area contributed by atoms with Crippen molar-refractivity contribution in [1.29, 1.82) is 0 Å². The van der Waals surface area contributed by atoms with E-state index in [0.29, 0.717) is 29.1 Å². The number of nitrogens with one attached hydrogen (secondary N) is 1. The normalized spacial score (nSPS) is 12.2. The molecule has 4 aromatic rings. The molecule has 0 atom stereocenters. The Labute approximate surface area is 189 Å². The molecule has 0 saturated heterocycles. The van der Waals surface area contributed by atoms with E-state index in [9.17, 15) is 9.18 Å². The number of amides is 1. The van der Waals surface area contributed by atoms with Crippen LogP contribution < -0.4 is 5.32 Å². The first-order chi connectivity index (χ1) is 15.7. The number of nitrogens with zero attached hydrogens (tertiary/aromatic N) is 2. The predicted molar refractivity (Wildman–Crippen MR) is 124 cm³/mol. The highest BCUT2D eigenvalue weighted by molar-refractivity contribution is 7.99. The van der Waals surface area contributed by atoms with Gasteiger partial charge in [-0.2, -0.15) is 0 Å². The number of aromatic nitrogens is 1. The second-order valence-corrected chi connectivity index (χ2v) is 8.34. The Hall–Kier alpha value is -3.77. The van der Waals surface area contributed by atoms with Gasteiger partial charge in [0, 0.05) is 45.4 Å². The zero-order valence-electron chi connectivity index (χ0n) is 17.0. The van der Waals surface area contributed by atoms with Crippen LogP contribution >= 0.6 is 11.8 Å². The van der Waals surface area contributed by atoms with Crippen LogP contribution in [0.2, 0.25) is 0 Å². The van der Waals surface area contributed by atoms with Gasteiger partial charge in [-0.15, -0.1) is 0 Å². The molecular weight excluding hydrogens is 421 g/mol. The van der Waals surface area contributed by atoms with Gasteiger partial charge in [0.1, 0.15) is 5.82 Å². The second kappa shape index (κ2) is 8.77. The molecule has 0 aliphatic carbocycles. The first-order valence-electron chi connectivity index (χ1n) is 10.1. The summed E-state index contributed by atoms with van der Waals surface area (Å²) in [6.45, 7) is 0.405. The van der Waals surface area contributed by atoms with E-state index in [4.69, 9.17) is 4.99 Å². The third-order valence-corrected chi connectivity index (χ3v) is 6.29. The number of carbonyl (C=O) groups is 1. The number of halogens is 1. The van der Waals surface area contributed by atoms with Crippen molar-refractivity contribution in [1.82, 2.24) is 10.3 Å². The maximum atomic E-state index is 14.7. The maximum absolute atomic E-state index is 14.7. The zero-order chi connectivity index (χ0) is 21.9. The Bertz CT molecular complexity index is 1340. The summed E-state index contributed by atoms with van der Waals surface area (Å²) in [5.74, 6) is -0.528. The first-order valence-corrected chi connectivity index (χ1v) is 10.9. The molecule has 2 heterocycles. The van der Waals surface area contributed by atoms with Gasteiger partial charge in [0.25, 0.3) is 5.91 Å². The van der Waals surface area contributed by atoms with Crippen LogP contribution in [0.1, 0.15) is 27.0 Å². The number of carbonyl (C=O) groups excluding carboxylic acids is 1. The topological polar surface area (TPSA) is 54.4 Å². The van der Waals surface area contributed by atoms with Gasteiger partial charge in [-0.1, -0.05) is 42.1 Å². The maximum Gasteiger partial charge on any atom is 0.251 e. The Kier molecular flexibility index (Phi) is 5.52. The number of hydrogen-bond acceptors (Lipinski definition) is 4. The molecule has 32 heavy (non-hydrogen) atoms. The number of fused-ring (bicyclic) bond motifs is 2. The van der Waals surface area contributed by atoms with Gasteiger partial charge in [0.15, 0.2) is 0 Å². The quantitative estimate of drug-likeness (QED) is 0.386. The van der Waals surface area contributed by atoms with E-state index >= 15 is 0 Å². The number of pyridine rings is 1. The molecule has 6 heteroatoms. The van der Waals surface area contributed by atoms with E-state index in [2.05, 4.69) is 10.3 Å². The zero-order valence-corrected chi connectivity index (χ0v) is 17.8. The van der Waals surface area contributed by atoms with E-state index in [1.807, 2.05) is 42.5 Å². The molecule has 156 valence electrons. The van der Waals surface area contributed by atoms with Crippen molar-refractivity contribution < 1.29 is 9.18 Å². The fraction of sp³-hybridized carbons (Fsp3) is 0.0385. The number of hydrogen-bond donors (Lipinski definition) is 1. The van der Waals surface area contributed by atoms with Gasteiger partial charge in [-0.3, -0.25) is 9.78 Å². The molecule has 1 aromatic heterocycles. The Morgan fingerprint density at radius 2 is 1.62 bits per heavy atom. The average Bonchev–Trinajstić information content (AvgIpc) is 3.00. The molecule has 1 aliphatic heterocycles. The average molecular weight is 440 g/mol. The van der Waals surface area contributed by atoms with Gasteiger partial charge in [0.2, 0.25) is 0 Å². The summed E-state index contributed by atoms with van der Waals surface area (Å²) in [7, 11) is 0. The minimum absolute atomic E-state index is 0.195. The monoisotopic (exact) mass is 439 g/mol. The van der Waals surface area contributed by atoms with Crippen LogP contribution in [-0.2, 0) is 6.54 Å². The van der Waals surface area contributed by atoms with Crippen LogP contribution in [0.4, 0.5) is 10.1 Å². The van der Waals surface area contributed by atoms with E-state index in [1.165, 1.54) is 6.07 Å². The van der Waals surface area contributed by atoms with Gasteiger partial charge < -0.3 is 5.32 Å². The molecule has 3 aromatic carbocycles. The fourth-order valence-electron chi connectivity index (χ4n) is 3.53. The van der Waals surface area contributed by atoms with Crippen LogP contribution in [-0.4, -0.2) is 16.6 Å². The molecule has 0 spiro atoms. The third-order valence-electron chi connectivity index (χ3n) is 5.15. The van der Waals surface area contributed by atoms with Crippen molar-refractivity contribution in [3.63, 3.8) is 0 Å². The standard InChI is InChI=1S/C26H18FN3OS/c27-21-7-3-1-5-19(21)25-20-6-2-4-8-23(20)32-24-10-9-18(15-22(24)30-25)26(31)29-16-17-11-13-28-14-12-17/h1-15H,16H2,(H,29,31). The lowest BCUT2D eigenvalue weighted by Gasteiger charge is -2.09. The molecule has 1 N–H and O–H groups in total. The number of aliphatic imine (C=N–C) groups is 1. The first kappa shape index (κ1) is 20.2. The van der Waals surface area contributed by atoms with Crippen molar-refractivity contribution in [3.05, 3.63) is 119 Å². The van der Waals surface area contributed by atoms with Gasteiger partial charge in [0.05, 0.1) is 11.4 Å². The Balaban J connectivity index is 1.53. The smallest absolute Gasteiger partial charge is 0.251 e. The fourth-order valence-corrected chi connectivity index (χ4v) is 4.53. The van der Waals surface area contributed by atoms with Crippen molar-refractivity contribution in [2.75, 3.05) is 0 Å². The Morgan fingerprint density at radius 1 is 0.875 bits per heavy atom. The predicted octanol–water partition coefficient (Wildman–Crippen LogP) is 5.78. The highest BCUT2D eigenvalue weighted by atomic mass is 32.2. The van der Waals surface area contributed by atoms with Gasteiger partial charge in [-0.05, 0) is 54.1 Å². The summed E-state index contributed by atoms with van der Waals surface area (Å²) >= 11 is 1.56. The molecule has 4 nitrogen and oxygen atoms in total. The lowest BCUT2D eigenvalue weighted by atomic mass is 10.0. The highest BCUT2D eigenvalue weighted by Gasteiger charge is 2.21. The van der Waals surface area contributed by atoms with E-state index in [1.54, 1.807) is 54.5 Å². The summed E-state index contributed by atoms with van der Waals surface area (Å²) in [6.07, 6.45) is 3.38. The molecule has 0 unspecified atom stereocenters. The molecule has 0 saturated carbocycles. The highest BCUT2D eigenvalue weighted by Crippen LogP contribution is 2.41. The van der Waals surface area contributed by atoms with Gasteiger partial charge >= 0.3 is 0 Å². The van der Waals surface area contributed by atoms with Crippen LogP contribution in [0, 0.1) is 5.82 Å². The van der Waals surface area contributed by atoms with Crippen LogP contribution in [0.15, 0.2) is 106 Å². The van der Waals surface area contributed by atoms with E-state index < -0.39 is 0 Å². The van der Waals surface area contributed by atoms with Crippen molar-refractivity contribution in [3.8, 4) is 0 Å². The lowest BCUT2D eigenvalue weighted by molar-refractivity contribution is 0.0951. The van der Waals surface area contributed by atoms with Crippen LogP contribution in [0.25, 0.3) is 0 Å². The minimum atomic E-state index is -0.333. The van der Waals surface area contributed by atoms with Crippen LogP contribution in [0.3, 0.4) is 0 Å². The SMILES string of the molecule is O=C(NCc1ccncc1)c1ccc2c(c1)N=C(c1ccccc1F)c1ccccc1S2. The van der Waals surface area contributed by atoms with Crippen molar-refractivity contribution >= 4 is 29.1 Å². The van der Waals surface area contributed by atoms with Gasteiger partial charge in [-0.25, -0.2) is 9.38 Å². The molecule has 5 rings (SSSR count). The third kappa shape index (κ3) is 4.05. The lowest BCUT2D eigenvalue weighted by Crippen LogP contribution is -2.22. The molecular formula is C26H18FN3OS. The summed E-state index contributed by atoms with van der Waals surface area (Å²) in [4.78, 5) is 23.5. The molecule has 0 fully saturated rings. The summed E-state index contributed by atoms with van der Waals surface area (Å²) in [6, 6.07) is 23.6. The summed E-state index contributed by atoms with van der Waals surface area (Å²) in [5, 5.41) is 2.92. The van der Waals surface area contributed by atoms with E-state index in [0.717, 1.165) is 20.9 Å². The van der Waals surface area contributed by atoms with Crippen LogP contribution in [0.5, 0.6) is 0 Å². The van der Waals surface area contributed by atoms with Crippen molar-refractivity contribution in [2.24, 2.45) is 4.99 Å². The number of benzene rings is 3. The number of rotatable bonds is 4. The molecule has 1 amide bonds. The second-order valence-electron chi connectivity index (χ2n) is 7.26. The van der Waals surface area contributed by atoms with Crippen molar-refractivity contribution in [2.45, 2.75) is 16.3 Å². The van der Waals surface area contributed by atoms with E-state index in [-0.39, 0.29) is 11.7 Å². The molecule has 1 aliphatic rings. The molecule has 0 bridgehead atoms. The minimum Gasteiger partial charge on any atom is -0.348 e. The molecule has 0 radical (unpaired) electrons. The largest absolute Gasteiger partial charge is 0.348 e. The Morgan fingerprint density at radius 3 is 2.44 bits per heavy atom. The summed E-state index contributed by atoms with van der Waals surface area (Å²) in [5.41, 5.74) is 3.96. The summed E-state index contributed by atoms with van der Waals surface area (Å²) < 4.78 is 14.7.